The van der Waals surface area contributed by atoms with Gasteiger partial charge in [-0.25, -0.2) is 8.42 Å². The summed E-state index contributed by atoms with van der Waals surface area (Å²) >= 11 is 0. The highest BCUT2D eigenvalue weighted by atomic mass is 32.2. The van der Waals surface area contributed by atoms with Gasteiger partial charge in [-0.15, -0.1) is 0 Å². The molecule has 0 aromatic rings. The van der Waals surface area contributed by atoms with E-state index in [0.717, 1.165) is 0 Å². The Hall–Kier alpha value is -0.820. The van der Waals surface area contributed by atoms with E-state index in [2.05, 4.69) is 5.16 Å². The minimum Gasteiger partial charge on any atom is -0.409 e. The van der Waals surface area contributed by atoms with Crippen molar-refractivity contribution in [1.29, 1.82) is 0 Å². The molecular formula is C10H23N3O3S. The van der Waals surface area contributed by atoms with Gasteiger partial charge in [0.15, 0.2) is 15.7 Å². The molecule has 0 saturated heterocycles. The van der Waals surface area contributed by atoms with Crippen molar-refractivity contribution in [3.05, 3.63) is 0 Å². The molecule has 17 heavy (non-hydrogen) atoms. The van der Waals surface area contributed by atoms with E-state index < -0.39 is 9.84 Å². The first-order valence-electron chi connectivity index (χ1n) is 5.62. The predicted octanol–water partition coefficient (Wildman–Crippen LogP) is 0.266. The standard InChI is InChI=1S/C10H23N3O3S/c1-8(2)13(7-10(11)12-14)5-6-17(15,16)9(3)4/h8-9,14H,5-7H2,1-4H3,(H2,11,12). The first kappa shape index (κ1) is 16.2. The predicted molar refractivity (Wildman–Crippen MR) is 69.0 cm³/mol. The maximum atomic E-state index is 11.7. The van der Waals surface area contributed by atoms with Gasteiger partial charge < -0.3 is 10.9 Å². The summed E-state index contributed by atoms with van der Waals surface area (Å²) < 4.78 is 23.4. The van der Waals surface area contributed by atoms with Gasteiger partial charge in [-0.05, 0) is 27.7 Å². The van der Waals surface area contributed by atoms with E-state index >= 15 is 0 Å². The van der Waals surface area contributed by atoms with Gasteiger partial charge >= 0.3 is 0 Å². The zero-order valence-electron chi connectivity index (χ0n) is 10.9. The molecule has 7 heteroatoms. The number of sulfone groups is 1. The largest absolute Gasteiger partial charge is 0.409 e. The molecule has 0 fully saturated rings. The molecular weight excluding hydrogens is 242 g/mol. The minimum atomic E-state index is -3.05. The fraction of sp³-hybridized carbons (Fsp3) is 0.900. The maximum Gasteiger partial charge on any atom is 0.153 e. The van der Waals surface area contributed by atoms with Crippen LogP contribution in [0.1, 0.15) is 27.7 Å². The Morgan fingerprint density at radius 1 is 1.35 bits per heavy atom. The molecule has 0 aromatic heterocycles. The van der Waals surface area contributed by atoms with Crippen molar-refractivity contribution in [3.8, 4) is 0 Å². The lowest BCUT2D eigenvalue weighted by molar-refractivity contribution is 0.259. The van der Waals surface area contributed by atoms with E-state index in [9.17, 15) is 8.42 Å². The third-order valence-corrected chi connectivity index (χ3v) is 4.79. The number of nitrogens with zero attached hydrogens (tertiary/aromatic N) is 2. The molecule has 3 N–H and O–H groups in total. The van der Waals surface area contributed by atoms with Crippen molar-refractivity contribution in [1.82, 2.24) is 4.90 Å². The number of rotatable bonds is 7. The van der Waals surface area contributed by atoms with Gasteiger partial charge in [0.1, 0.15) is 0 Å². The number of nitrogens with two attached hydrogens (primary N) is 1. The Morgan fingerprint density at radius 3 is 2.24 bits per heavy atom. The normalized spacial score (nSPS) is 13.9. The van der Waals surface area contributed by atoms with Crippen LogP contribution < -0.4 is 5.73 Å². The van der Waals surface area contributed by atoms with Gasteiger partial charge in [0.2, 0.25) is 0 Å². The highest BCUT2D eigenvalue weighted by Gasteiger charge is 2.19. The van der Waals surface area contributed by atoms with E-state index in [1.807, 2.05) is 18.7 Å². The summed E-state index contributed by atoms with van der Waals surface area (Å²) in [4.78, 5) is 1.86. The first-order valence-corrected chi connectivity index (χ1v) is 7.34. The minimum absolute atomic E-state index is 0.0839. The van der Waals surface area contributed by atoms with Crippen LogP contribution in [0.4, 0.5) is 0 Å². The molecule has 0 radical (unpaired) electrons. The molecule has 6 nitrogen and oxygen atoms in total. The van der Waals surface area contributed by atoms with Crippen molar-refractivity contribution in [2.24, 2.45) is 10.9 Å². The Bertz CT molecular complexity index is 350. The van der Waals surface area contributed by atoms with Gasteiger partial charge in [-0.2, -0.15) is 0 Å². The van der Waals surface area contributed by atoms with Gasteiger partial charge in [0, 0.05) is 12.6 Å². The van der Waals surface area contributed by atoms with E-state index in [-0.39, 0.29) is 29.4 Å². The molecule has 0 aromatic carbocycles. The third-order valence-electron chi connectivity index (χ3n) is 2.61. The molecule has 0 aliphatic rings. The van der Waals surface area contributed by atoms with E-state index in [1.165, 1.54) is 0 Å². The number of oxime groups is 1. The number of hydrogen-bond donors (Lipinski definition) is 2. The Morgan fingerprint density at radius 2 is 1.88 bits per heavy atom. The van der Waals surface area contributed by atoms with Gasteiger partial charge in [0.05, 0.1) is 17.5 Å². The summed E-state index contributed by atoms with van der Waals surface area (Å²) in [5.74, 6) is 0.169. The second-order valence-electron chi connectivity index (χ2n) is 4.57. The third kappa shape index (κ3) is 5.88. The van der Waals surface area contributed by atoms with Crippen molar-refractivity contribution >= 4 is 15.7 Å². The lowest BCUT2D eigenvalue weighted by Crippen LogP contribution is -2.41. The summed E-state index contributed by atoms with van der Waals surface area (Å²) in [6.07, 6.45) is 0. The summed E-state index contributed by atoms with van der Waals surface area (Å²) in [7, 11) is -3.05. The molecule has 0 atom stereocenters. The Kier molecular flexibility index (Phi) is 6.48. The molecule has 0 aliphatic heterocycles. The van der Waals surface area contributed by atoms with Crippen molar-refractivity contribution < 1.29 is 13.6 Å². The van der Waals surface area contributed by atoms with Crippen molar-refractivity contribution in [3.63, 3.8) is 0 Å². The highest BCUT2D eigenvalue weighted by Crippen LogP contribution is 2.04. The summed E-state index contributed by atoms with van der Waals surface area (Å²) in [6.45, 7) is 7.85. The van der Waals surface area contributed by atoms with Crippen molar-refractivity contribution in [2.45, 2.75) is 39.0 Å². The van der Waals surface area contributed by atoms with Crippen LogP contribution in [0.15, 0.2) is 5.16 Å². The Balaban J connectivity index is 4.49. The lowest BCUT2D eigenvalue weighted by Gasteiger charge is -2.25. The molecule has 0 bridgehead atoms. The monoisotopic (exact) mass is 265 g/mol. The number of hydrogen-bond acceptors (Lipinski definition) is 5. The van der Waals surface area contributed by atoms with Crippen LogP contribution in [-0.2, 0) is 9.84 Å². The molecule has 102 valence electrons. The van der Waals surface area contributed by atoms with Gasteiger partial charge in [-0.1, -0.05) is 5.16 Å². The fourth-order valence-electron chi connectivity index (χ4n) is 1.24. The van der Waals surface area contributed by atoms with Crippen LogP contribution in [-0.4, -0.2) is 54.5 Å². The zero-order chi connectivity index (χ0) is 13.6. The smallest absolute Gasteiger partial charge is 0.153 e. The van der Waals surface area contributed by atoms with Gasteiger partial charge in [-0.3, -0.25) is 4.90 Å². The fourth-order valence-corrected chi connectivity index (χ4v) is 2.20. The second-order valence-corrected chi connectivity index (χ2v) is 7.25. The van der Waals surface area contributed by atoms with Crippen molar-refractivity contribution in [2.75, 3.05) is 18.8 Å². The van der Waals surface area contributed by atoms with E-state index in [0.29, 0.717) is 6.54 Å². The van der Waals surface area contributed by atoms with Crippen LogP contribution in [0.5, 0.6) is 0 Å². The summed E-state index contributed by atoms with van der Waals surface area (Å²) in [5.41, 5.74) is 5.42. The maximum absolute atomic E-state index is 11.7. The molecule has 0 unspecified atom stereocenters. The highest BCUT2D eigenvalue weighted by molar-refractivity contribution is 7.92. The summed E-state index contributed by atoms with van der Waals surface area (Å²) in [6, 6.07) is 0.137. The molecule has 0 amide bonds. The lowest BCUT2D eigenvalue weighted by atomic mass is 10.3. The molecule has 0 spiro atoms. The molecule has 0 rings (SSSR count). The van der Waals surface area contributed by atoms with Gasteiger partial charge in [0.25, 0.3) is 0 Å². The van der Waals surface area contributed by atoms with Crippen LogP contribution in [0.25, 0.3) is 0 Å². The Labute approximate surface area is 103 Å². The van der Waals surface area contributed by atoms with Crippen LogP contribution in [0, 0.1) is 0 Å². The quantitative estimate of drug-likeness (QED) is 0.298. The molecule has 0 saturated carbocycles. The van der Waals surface area contributed by atoms with E-state index in [4.69, 9.17) is 10.9 Å². The topological polar surface area (TPSA) is 96.0 Å². The van der Waals surface area contributed by atoms with Crippen LogP contribution >= 0.6 is 0 Å². The van der Waals surface area contributed by atoms with E-state index in [1.54, 1.807) is 13.8 Å². The molecule has 0 heterocycles. The average molecular weight is 265 g/mol. The van der Waals surface area contributed by atoms with Crippen LogP contribution in [0.2, 0.25) is 0 Å². The summed E-state index contributed by atoms with van der Waals surface area (Å²) in [5, 5.41) is 11.0. The SMILES string of the molecule is CC(C)N(CCS(=O)(=O)C(C)C)CC(N)=NO. The number of amidine groups is 1. The zero-order valence-corrected chi connectivity index (χ0v) is 11.7. The average Bonchev–Trinajstić information content (AvgIpc) is 2.22. The molecule has 0 aliphatic carbocycles. The van der Waals surface area contributed by atoms with Crippen LogP contribution in [0.3, 0.4) is 0 Å². The second kappa shape index (κ2) is 6.80. The first-order chi connectivity index (χ1) is 7.70.